The molecule has 0 aliphatic carbocycles. The summed E-state index contributed by atoms with van der Waals surface area (Å²) in [5.74, 6) is 0.498. The minimum absolute atomic E-state index is 0.180. The number of anilines is 3. The third-order valence-electron chi connectivity index (χ3n) is 3.97. The lowest BCUT2D eigenvalue weighted by Crippen LogP contribution is -2.25. The van der Waals surface area contributed by atoms with Gasteiger partial charge in [-0.15, -0.1) is 0 Å². The van der Waals surface area contributed by atoms with E-state index in [4.69, 9.17) is 0 Å². The molecule has 1 aliphatic rings. The molecule has 1 aromatic carbocycles. The maximum Gasteiger partial charge on any atom is 0.259 e. The van der Waals surface area contributed by atoms with Crippen molar-refractivity contribution < 1.29 is 13.2 Å². The number of nitrogens with one attached hydrogen (secondary N) is 1. The second-order valence-electron chi connectivity index (χ2n) is 6.01. The van der Waals surface area contributed by atoms with Crippen LogP contribution >= 0.6 is 0 Å². The Kier molecular flexibility index (Phi) is 4.63. The van der Waals surface area contributed by atoms with Crippen molar-refractivity contribution in [3.8, 4) is 0 Å². The van der Waals surface area contributed by atoms with Gasteiger partial charge in [-0.2, -0.15) is 0 Å². The largest absolute Gasteiger partial charge is 0.362 e. The molecule has 2 aromatic rings. The smallest absolute Gasteiger partial charge is 0.259 e. The molecule has 0 spiro atoms. The molecule has 2 heterocycles. The summed E-state index contributed by atoms with van der Waals surface area (Å²) >= 11 is 0. The SMILES string of the molecule is CN(C)c1ncccc1C(=O)Nc1ccc(N2CCCS2(=O)=O)cc1. The lowest BCUT2D eigenvalue weighted by atomic mass is 10.2. The summed E-state index contributed by atoms with van der Waals surface area (Å²) in [7, 11) is 0.446. The van der Waals surface area contributed by atoms with Crippen LogP contribution in [0.1, 0.15) is 16.8 Å². The highest BCUT2D eigenvalue weighted by Crippen LogP contribution is 2.25. The lowest BCUT2D eigenvalue weighted by molar-refractivity contribution is 0.102. The van der Waals surface area contributed by atoms with Gasteiger partial charge in [-0.3, -0.25) is 9.10 Å². The number of benzene rings is 1. The molecule has 3 rings (SSSR count). The van der Waals surface area contributed by atoms with Crippen molar-refractivity contribution in [2.24, 2.45) is 0 Å². The van der Waals surface area contributed by atoms with Crippen molar-refractivity contribution in [1.29, 1.82) is 0 Å². The van der Waals surface area contributed by atoms with Crippen LogP contribution in [-0.2, 0) is 10.0 Å². The summed E-state index contributed by atoms with van der Waals surface area (Å²) in [6.07, 6.45) is 2.27. The molecule has 25 heavy (non-hydrogen) atoms. The zero-order chi connectivity index (χ0) is 18.0. The third-order valence-corrected chi connectivity index (χ3v) is 5.84. The summed E-state index contributed by atoms with van der Waals surface area (Å²) < 4.78 is 25.3. The van der Waals surface area contributed by atoms with Gasteiger partial charge in [-0.05, 0) is 42.8 Å². The van der Waals surface area contributed by atoms with Crippen molar-refractivity contribution >= 4 is 33.1 Å². The van der Waals surface area contributed by atoms with Crippen molar-refractivity contribution in [2.45, 2.75) is 6.42 Å². The van der Waals surface area contributed by atoms with E-state index in [9.17, 15) is 13.2 Å². The Morgan fingerprint density at radius 3 is 2.52 bits per heavy atom. The highest BCUT2D eigenvalue weighted by Gasteiger charge is 2.28. The number of carbonyl (C=O) groups is 1. The van der Waals surface area contributed by atoms with E-state index in [1.165, 1.54) is 4.31 Å². The second-order valence-corrected chi connectivity index (χ2v) is 8.02. The van der Waals surface area contributed by atoms with Gasteiger partial charge in [0.2, 0.25) is 10.0 Å². The van der Waals surface area contributed by atoms with Crippen molar-refractivity contribution in [2.75, 3.05) is 40.9 Å². The Bertz CT molecular complexity index is 879. The number of carbonyl (C=O) groups excluding carboxylic acids is 1. The van der Waals surface area contributed by atoms with E-state index in [1.807, 2.05) is 14.1 Å². The number of sulfonamides is 1. The molecule has 0 saturated carbocycles. The molecular weight excluding hydrogens is 340 g/mol. The molecule has 132 valence electrons. The summed E-state index contributed by atoms with van der Waals surface area (Å²) in [5.41, 5.74) is 1.68. The van der Waals surface area contributed by atoms with E-state index < -0.39 is 10.0 Å². The summed E-state index contributed by atoms with van der Waals surface area (Å²) in [4.78, 5) is 18.5. The molecule has 1 fully saturated rings. The van der Waals surface area contributed by atoms with Crippen LogP contribution in [0.5, 0.6) is 0 Å². The molecule has 1 aliphatic heterocycles. The Morgan fingerprint density at radius 2 is 1.92 bits per heavy atom. The average molecular weight is 360 g/mol. The number of pyridine rings is 1. The Morgan fingerprint density at radius 1 is 1.20 bits per heavy atom. The van der Waals surface area contributed by atoms with Gasteiger partial charge in [0.1, 0.15) is 5.82 Å². The Hall–Kier alpha value is -2.61. The van der Waals surface area contributed by atoms with Crippen LogP contribution < -0.4 is 14.5 Å². The molecule has 1 N–H and O–H groups in total. The van der Waals surface area contributed by atoms with Crippen LogP contribution in [0.2, 0.25) is 0 Å². The fraction of sp³-hybridized carbons (Fsp3) is 0.294. The number of hydrogen-bond acceptors (Lipinski definition) is 5. The second kappa shape index (κ2) is 6.72. The zero-order valence-electron chi connectivity index (χ0n) is 14.1. The van der Waals surface area contributed by atoms with Gasteiger partial charge >= 0.3 is 0 Å². The molecule has 0 radical (unpaired) electrons. The first-order valence-corrected chi connectivity index (χ1v) is 9.53. The van der Waals surface area contributed by atoms with Gasteiger partial charge < -0.3 is 10.2 Å². The zero-order valence-corrected chi connectivity index (χ0v) is 15.0. The van der Waals surface area contributed by atoms with Gasteiger partial charge in [0.15, 0.2) is 0 Å². The fourth-order valence-corrected chi connectivity index (χ4v) is 4.33. The quantitative estimate of drug-likeness (QED) is 0.901. The maximum atomic E-state index is 12.5. The van der Waals surface area contributed by atoms with Crippen molar-refractivity contribution in [3.05, 3.63) is 48.2 Å². The fourth-order valence-electron chi connectivity index (χ4n) is 2.77. The van der Waals surface area contributed by atoms with E-state index in [0.717, 1.165) is 0 Å². The predicted octanol–water partition coefficient (Wildman–Crippen LogP) is 1.94. The summed E-state index contributed by atoms with van der Waals surface area (Å²) in [6, 6.07) is 10.2. The molecule has 0 atom stereocenters. The highest BCUT2D eigenvalue weighted by atomic mass is 32.2. The molecule has 8 heteroatoms. The number of nitrogens with zero attached hydrogens (tertiary/aromatic N) is 3. The standard InChI is InChI=1S/C17H20N4O3S/c1-20(2)16-15(5-3-10-18-16)17(22)19-13-6-8-14(9-7-13)21-11-4-12-25(21,23)24/h3,5-10H,4,11-12H2,1-2H3,(H,19,22). The minimum atomic E-state index is -3.20. The van der Waals surface area contributed by atoms with E-state index in [1.54, 1.807) is 47.5 Å². The van der Waals surface area contributed by atoms with E-state index >= 15 is 0 Å². The van der Waals surface area contributed by atoms with Crippen molar-refractivity contribution in [3.63, 3.8) is 0 Å². The van der Waals surface area contributed by atoms with Gasteiger partial charge in [0.05, 0.1) is 17.0 Å². The molecular formula is C17H20N4O3S. The van der Waals surface area contributed by atoms with Crippen LogP contribution in [0.4, 0.5) is 17.2 Å². The van der Waals surface area contributed by atoms with E-state index in [0.29, 0.717) is 35.7 Å². The number of amides is 1. The third kappa shape index (κ3) is 3.58. The summed E-state index contributed by atoms with van der Waals surface area (Å²) in [5, 5.41) is 2.82. The molecule has 1 saturated heterocycles. The monoisotopic (exact) mass is 360 g/mol. The highest BCUT2D eigenvalue weighted by molar-refractivity contribution is 7.93. The molecule has 1 amide bonds. The number of aromatic nitrogens is 1. The first-order chi connectivity index (χ1) is 11.9. The molecule has 1 aromatic heterocycles. The Balaban J connectivity index is 1.77. The predicted molar refractivity (Wildman–Crippen MR) is 98.7 cm³/mol. The van der Waals surface area contributed by atoms with Crippen LogP contribution in [0, 0.1) is 0 Å². The average Bonchev–Trinajstić information content (AvgIpc) is 2.94. The Labute approximate surface area is 147 Å². The first kappa shape index (κ1) is 17.2. The van der Waals surface area contributed by atoms with Gasteiger partial charge in [0.25, 0.3) is 5.91 Å². The van der Waals surface area contributed by atoms with Crippen LogP contribution in [0.3, 0.4) is 0 Å². The topological polar surface area (TPSA) is 82.6 Å². The lowest BCUT2D eigenvalue weighted by Gasteiger charge is -2.18. The minimum Gasteiger partial charge on any atom is -0.362 e. The number of hydrogen-bond donors (Lipinski definition) is 1. The molecule has 0 bridgehead atoms. The summed E-state index contributed by atoms with van der Waals surface area (Å²) in [6.45, 7) is 0.496. The van der Waals surface area contributed by atoms with E-state index in [2.05, 4.69) is 10.3 Å². The maximum absolute atomic E-state index is 12.5. The van der Waals surface area contributed by atoms with Gasteiger partial charge in [-0.25, -0.2) is 13.4 Å². The van der Waals surface area contributed by atoms with Gasteiger partial charge in [-0.1, -0.05) is 0 Å². The molecule has 7 nitrogen and oxygen atoms in total. The van der Waals surface area contributed by atoms with Crippen LogP contribution in [0.25, 0.3) is 0 Å². The normalized spacial score (nSPS) is 15.8. The van der Waals surface area contributed by atoms with Crippen LogP contribution in [-0.4, -0.2) is 45.7 Å². The molecule has 0 unspecified atom stereocenters. The van der Waals surface area contributed by atoms with Gasteiger partial charge in [0, 0.05) is 32.5 Å². The van der Waals surface area contributed by atoms with Crippen LogP contribution in [0.15, 0.2) is 42.6 Å². The van der Waals surface area contributed by atoms with E-state index in [-0.39, 0.29) is 11.7 Å². The van der Waals surface area contributed by atoms with Crippen molar-refractivity contribution in [1.82, 2.24) is 4.98 Å². The number of rotatable bonds is 4. The first-order valence-electron chi connectivity index (χ1n) is 7.93.